The van der Waals surface area contributed by atoms with Gasteiger partial charge in [-0.3, -0.25) is 0 Å². The van der Waals surface area contributed by atoms with Crippen molar-refractivity contribution in [3.05, 3.63) is 40.3 Å². The van der Waals surface area contributed by atoms with E-state index in [2.05, 4.69) is 33.6 Å². The van der Waals surface area contributed by atoms with E-state index in [9.17, 15) is 0 Å². The summed E-state index contributed by atoms with van der Waals surface area (Å²) in [5.74, 6) is 0.892. The third-order valence-corrected chi connectivity index (χ3v) is 3.90. The fraction of sp³-hybridized carbons (Fsp3) is 0.438. The number of thiazole rings is 1. The fourth-order valence-electron chi connectivity index (χ4n) is 1.92. The minimum absolute atomic E-state index is 0.187. The van der Waals surface area contributed by atoms with Crippen LogP contribution in [-0.4, -0.2) is 37.1 Å². The van der Waals surface area contributed by atoms with Crippen LogP contribution in [-0.2, 0) is 0 Å². The van der Waals surface area contributed by atoms with Gasteiger partial charge in [0.2, 0.25) is 0 Å². The average molecular weight is 305 g/mol. The van der Waals surface area contributed by atoms with E-state index in [4.69, 9.17) is 4.74 Å². The second-order valence-electron chi connectivity index (χ2n) is 5.34. The van der Waals surface area contributed by atoms with Crippen molar-refractivity contribution in [1.29, 1.82) is 0 Å². The van der Waals surface area contributed by atoms with Crippen LogP contribution in [0.2, 0.25) is 0 Å². The number of aryl methyl sites for hydroxylation is 1. The summed E-state index contributed by atoms with van der Waals surface area (Å²) in [5.41, 5.74) is 2.13. The lowest BCUT2D eigenvalue weighted by Gasteiger charge is -2.15. The normalized spacial score (nSPS) is 12.4. The molecule has 5 heteroatoms. The van der Waals surface area contributed by atoms with Crippen molar-refractivity contribution >= 4 is 17.0 Å². The van der Waals surface area contributed by atoms with E-state index in [1.165, 1.54) is 0 Å². The van der Waals surface area contributed by atoms with Crippen molar-refractivity contribution in [1.82, 2.24) is 9.88 Å². The summed E-state index contributed by atoms with van der Waals surface area (Å²) in [5, 5.41) is 6.66. The number of benzene rings is 1. The van der Waals surface area contributed by atoms with Gasteiger partial charge in [-0.2, -0.15) is 0 Å². The first-order valence-electron chi connectivity index (χ1n) is 7.11. The summed E-state index contributed by atoms with van der Waals surface area (Å²) < 4.78 is 5.75. The van der Waals surface area contributed by atoms with Gasteiger partial charge in [0.05, 0.1) is 16.7 Å². The van der Waals surface area contributed by atoms with Crippen LogP contribution >= 0.6 is 11.3 Å². The lowest BCUT2D eigenvalue weighted by molar-refractivity contribution is 0.261. The Bertz CT molecular complexity index is 568. The van der Waals surface area contributed by atoms with Gasteiger partial charge in [-0.1, -0.05) is 6.07 Å². The second kappa shape index (κ2) is 7.43. The zero-order chi connectivity index (χ0) is 15.2. The van der Waals surface area contributed by atoms with Crippen LogP contribution in [0.15, 0.2) is 29.6 Å². The Hall–Kier alpha value is -1.59. The molecule has 0 fully saturated rings. The van der Waals surface area contributed by atoms with Crippen molar-refractivity contribution < 1.29 is 4.74 Å². The third-order valence-electron chi connectivity index (χ3n) is 3.10. The van der Waals surface area contributed by atoms with Crippen LogP contribution in [0, 0.1) is 6.92 Å². The van der Waals surface area contributed by atoms with Crippen LogP contribution in [0.4, 0.5) is 5.69 Å². The number of anilines is 1. The Morgan fingerprint density at radius 3 is 2.86 bits per heavy atom. The molecule has 0 amide bonds. The molecular weight excluding hydrogens is 282 g/mol. The molecule has 0 saturated heterocycles. The number of hydrogen-bond donors (Lipinski definition) is 1. The molecule has 4 nitrogen and oxygen atoms in total. The quantitative estimate of drug-likeness (QED) is 0.848. The summed E-state index contributed by atoms with van der Waals surface area (Å²) in [6, 6.07) is 8.26. The number of nitrogens with zero attached hydrogens (tertiary/aromatic N) is 2. The van der Waals surface area contributed by atoms with E-state index in [1.807, 2.05) is 39.2 Å². The predicted molar refractivity (Wildman–Crippen MR) is 89.4 cm³/mol. The van der Waals surface area contributed by atoms with E-state index < -0.39 is 0 Å². The molecule has 2 rings (SSSR count). The van der Waals surface area contributed by atoms with Crippen molar-refractivity contribution in [3.63, 3.8) is 0 Å². The van der Waals surface area contributed by atoms with E-state index in [0.29, 0.717) is 6.61 Å². The summed E-state index contributed by atoms with van der Waals surface area (Å²) in [6.07, 6.45) is 0. The first-order valence-corrected chi connectivity index (χ1v) is 7.98. The number of ether oxygens (including phenoxy) is 1. The molecule has 1 heterocycles. The average Bonchev–Trinajstić information content (AvgIpc) is 2.85. The highest BCUT2D eigenvalue weighted by Crippen LogP contribution is 2.23. The van der Waals surface area contributed by atoms with Gasteiger partial charge in [-0.15, -0.1) is 11.3 Å². The molecule has 1 aromatic heterocycles. The Balaban J connectivity index is 1.94. The largest absolute Gasteiger partial charge is 0.492 e. The summed E-state index contributed by atoms with van der Waals surface area (Å²) >= 11 is 1.68. The van der Waals surface area contributed by atoms with Crippen molar-refractivity contribution in [2.24, 2.45) is 0 Å². The highest BCUT2D eigenvalue weighted by molar-refractivity contribution is 7.09. The summed E-state index contributed by atoms with van der Waals surface area (Å²) in [4.78, 5) is 6.62. The first kappa shape index (κ1) is 15.8. The molecule has 21 heavy (non-hydrogen) atoms. The minimum atomic E-state index is 0.187. The SMILES string of the molecule is Cc1nc(C(C)Nc2cccc(OCCN(C)C)c2)cs1. The van der Waals surface area contributed by atoms with Gasteiger partial charge in [-0.25, -0.2) is 4.98 Å². The molecule has 114 valence electrons. The molecule has 0 aliphatic heterocycles. The van der Waals surface area contributed by atoms with E-state index in [1.54, 1.807) is 11.3 Å². The number of rotatable bonds is 7. The second-order valence-corrected chi connectivity index (χ2v) is 6.40. The third kappa shape index (κ3) is 5.02. The molecule has 0 saturated carbocycles. The molecule has 1 aromatic carbocycles. The van der Waals surface area contributed by atoms with Gasteiger partial charge in [-0.05, 0) is 40.1 Å². The lowest BCUT2D eigenvalue weighted by atomic mass is 10.2. The molecular formula is C16H23N3OS. The van der Waals surface area contributed by atoms with Crippen LogP contribution in [0.5, 0.6) is 5.75 Å². The molecule has 0 spiro atoms. The predicted octanol–water partition coefficient (Wildman–Crippen LogP) is 3.57. The summed E-state index contributed by atoms with van der Waals surface area (Å²) in [7, 11) is 4.08. The standard InChI is InChI=1S/C16H23N3OS/c1-12(16-11-21-13(2)18-16)17-14-6-5-7-15(10-14)20-9-8-19(3)4/h5-7,10-12,17H,8-9H2,1-4H3. The molecule has 1 N–H and O–H groups in total. The van der Waals surface area contributed by atoms with Gasteiger partial charge < -0.3 is 15.0 Å². The Labute approximate surface area is 130 Å². The highest BCUT2D eigenvalue weighted by atomic mass is 32.1. The summed E-state index contributed by atoms with van der Waals surface area (Å²) in [6.45, 7) is 5.75. The molecule has 2 aromatic rings. The van der Waals surface area contributed by atoms with E-state index in [-0.39, 0.29) is 6.04 Å². The number of aromatic nitrogens is 1. The topological polar surface area (TPSA) is 37.4 Å². The van der Waals surface area contributed by atoms with Crippen LogP contribution in [0.1, 0.15) is 23.7 Å². The Morgan fingerprint density at radius 1 is 1.38 bits per heavy atom. The maximum Gasteiger partial charge on any atom is 0.121 e. The van der Waals surface area contributed by atoms with Crippen molar-refractivity contribution in [3.8, 4) is 5.75 Å². The van der Waals surface area contributed by atoms with Crippen molar-refractivity contribution in [2.45, 2.75) is 19.9 Å². The fourth-order valence-corrected chi connectivity index (χ4v) is 2.63. The lowest BCUT2D eigenvalue weighted by Crippen LogP contribution is -2.19. The van der Waals surface area contributed by atoms with Crippen LogP contribution < -0.4 is 10.1 Å². The van der Waals surface area contributed by atoms with E-state index in [0.717, 1.165) is 28.7 Å². The first-order chi connectivity index (χ1) is 10.0. The Kier molecular flexibility index (Phi) is 5.59. The van der Waals surface area contributed by atoms with Crippen LogP contribution in [0.25, 0.3) is 0 Å². The zero-order valence-electron chi connectivity index (χ0n) is 13.1. The van der Waals surface area contributed by atoms with Crippen LogP contribution in [0.3, 0.4) is 0 Å². The number of likely N-dealkylation sites (N-methyl/N-ethyl adjacent to an activating group) is 1. The minimum Gasteiger partial charge on any atom is -0.492 e. The van der Waals surface area contributed by atoms with Gasteiger partial charge in [0, 0.05) is 23.7 Å². The molecule has 0 radical (unpaired) electrons. The van der Waals surface area contributed by atoms with Gasteiger partial charge in [0.1, 0.15) is 12.4 Å². The molecule has 0 aliphatic carbocycles. The molecule has 0 bridgehead atoms. The maximum absolute atomic E-state index is 5.75. The zero-order valence-corrected chi connectivity index (χ0v) is 13.9. The van der Waals surface area contributed by atoms with Gasteiger partial charge in [0.15, 0.2) is 0 Å². The van der Waals surface area contributed by atoms with Crippen molar-refractivity contribution in [2.75, 3.05) is 32.6 Å². The number of nitrogens with one attached hydrogen (secondary N) is 1. The Morgan fingerprint density at radius 2 is 2.19 bits per heavy atom. The number of hydrogen-bond acceptors (Lipinski definition) is 5. The highest BCUT2D eigenvalue weighted by Gasteiger charge is 2.09. The molecule has 1 unspecified atom stereocenters. The molecule has 1 atom stereocenters. The van der Waals surface area contributed by atoms with E-state index >= 15 is 0 Å². The maximum atomic E-state index is 5.75. The smallest absolute Gasteiger partial charge is 0.121 e. The molecule has 0 aliphatic rings. The van der Waals surface area contributed by atoms with Gasteiger partial charge >= 0.3 is 0 Å². The monoisotopic (exact) mass is 305 g/mol. The van der Waals surface area contributed by atoms with Gasteiger partial charge in [0.25, 0.3) is 0 Å².